The van der Waals surface area contributed by atoms with Crippen molar-refractivity contribution < 1.29 is 8.42 Å². The number of hydrogen-bond acceptors (Lipinski definition) is 7. The molecule has 2 aromatic carbocycles. The van der Waals surface area contributed by atoms with Gasteiger partial charge in [0.1, 0.15) is 10.7 Å². The second kappa shape index (κ2) is 9.52. The lowest BCUT2D eigenvalue weighted by Gasteiger charge is -2.13. The van der Waals surface area contributed by atoms with Crippen molar-refractivity contribution in [2.24, 2.45) is 5.92 Å². The van der Waals surface area contributed by atoms with Gasteiger partial charge in [0.2, 0.25) is 5.95 Å². The van der Waals surface area contributed by atoms with Crippen molar-refractivity contribution in [3.05, 3.63) is 71.1 Å². The van der Waals surface area contributed by atoms with Gasteiger partial charge >= 0.3 is 0 Å². The van der Waals surface area contributed by atoms with Crippen LogP contribution in [-0.2, 0) is 16.6 Å². The second-order valence-corrected chi connectivity index (χ2v) is 9.74. The molecule has 2 heterocycles. The minimum absolute atomic E-state index is 0. The smallest absolute Gasteiger partial charge is 0.265 e. The summed E-state index contributed by atoms with van der Waals surface area (Å²) in [6.45, 7) is 4.41. The molecule has 2 aromatic heterocycles. The number of anilines is 3. The maximum absolute atomic E-state index is 13.1. The highest BCUT2D eigenvalue weighted by atomic mass is 32.2. The average molecular weight is 481 g/mol. The van der Waals surface area contributed by atoms with Crippen LogP contribution < -0.4 is 21.7 Å². The lowest BCUT2D eigenvalue weighted by atomic mass is 10.1. The van der Waals surface area contributed by atoms with Crippen LogP contribution >= 0.6 is 0 Å². The normalized spacial score (nSPS) is 11.4. The van der Waals surface area contributed by atoms with Gasteiger partial charge in [0.15, 0.2) is 0 Å². The van der Waals surface area contributed by atoms with E-state index >= 15 is 0 Å². The van der Waals surface area contributed by atoms with Crippen molar-refractivity contribution >= 4 is 38.4 Å². The van der Waals surface area contributed by atoms with Gasteiger partial charge in [-0.05, 0) is 41.8 Å². The third kappa shape index (κ3) is 4.86. The molecule has 10 heteroatoms. The molecule has 0 unspecified atom stereocenters. The Morgan fingerprint density at radius 3 is 2.41 bits per heavy atom. The number of nitrogen functional groups attached to an aromatic ring is 2. The number of rotatable bonds is 6. The van der Waals surface area contributed by atoms with Crippen LogP contribution in [0, 0.1) is 5.92 Å². The van der Waals surface area contributed by atoms with E-state index in [0.29, 0.717) is 34.3 Å². The van der Waals surface area contributed by atoms with E-state index in [1.165, 1.54) is 16.8 Å². The van der Waals surface area contributed by atoms with Crippen molar-refractivity contribution in [3.8, 4) is 11.1 Å². The van der Waals surface area contributed by atoms with Gasteiger partial charge in [0.05, 0.1) is 10.9 Å². The molecule has 0 saturated heterocycles. The van der Waals surface area contributed by atoms with Crippen molar-refractivity contribution in [2.75, 3.05) is 16.2 Å². The number of aromatic nitrogens is 3. The standard InChI is InChI=1S/C23H24N6O3S.CH4/c1-14(2)13-29-22(30)18-10-15(8-9-19(18)27-23(29)25)16-11-20(21(24)26-12-16)33(31,32)28-17-6-4-3-5-7-17;/h3-12,14,28H,13H2,1-2H3,(H2,24,26)(H2,25,27);1H4. The van der Waals surface area contributed by atoms with Crippen LogP contribution in [0.2, 0.25) is 0 Å². The molecule has 4 rings (SSSR count). The topological polar surface area (TPSA) is 146 Å². The minimum Gasteiger partial charge on any atom is -0.383 e. The second-order valence-electron chi connectivity index (χ2n) is 8.09. The monoisotopic (exact) mass is 480 g/mol. The van der Waals surface area contributed by atoms with Crippen molar-refractivity contribution in [3.63, 3.8) is 0 Å². The Bertz CT molecular complexity index is 1500. The highest BCUT2D eigenvalue weighted by Gasteiger charge is 2.20. The van der Waals surface area contributed by atoms with Gasteiger partial charge < -0.3 is 11.5 Å². The fraction of sp³-hybridized carbons (Fsp3) is 0.208. The highest BCUT2D eigenvalue weighted by Crippen LogP contribution is 2.28. The predicted molar refractivity (Wildman–Crippen MR) is 137 cm³/mol. The Morgan fingerprint density at radius 1 is 1.03 bits per heavy atom. The van der Waals surface area contributed by atoms with Crippen LogP contribution in [0.1, 0.15) is 21.3 Å². The SMILES string of the molecule is C.CC(C)Cn1c(N)nc2ccc(-c3cnc(N)c(S(=O)(=O)Nc4ccccc4)c3)cc2c1=O. The number of nitrogens with zero attached hydrogens (tertiary/aromatic N) is 3. The molecule has 0 radical (unpaired) electrons. The number of hydrogen-bond donors (Lipinski definition) is 3. The van der Waals surface area contributed by atoms with E-state index in [9.17, 15) is 13.2 Å². The van der Waals surface area contributed by atoms with Gasteiger partial charge in [-0.15, -0.1) is 0 Å². The van der Waals surface area contributed by atoms with Crippen molar-refractivity contribution in [1.82, 2.24) is 14.5 Å². The van der Waals surface area contributed by atoms with E-state index in [-0.39, 0.29) is 35.6 Å². The van der Waals surface area contributed by atoms with Crippen LogP contribution in [0.25, 0.3) is 22.0 Å². The molecule has 0 aliphatic rings. The van der Waals surface area contributed by atoms with Crippen LogP contribution in [-0.4, -0.2) is 23.0 Å². The van der Waals surface area contributed by atoms with E-state index in [1.807, 2.05) is 13.8 Å². The summed E-state index contributed by atoms with van der Waals surface area (Å²) in [5.41, 5.74) is 13.6. The first-order chi connectivity index (χ1) is 15.7. The van der Waals surface area contributed by atoms with Gasteiger partial charge in [-0.3, -0.25) is 14.1 Å². The third-order valence-corrected chi connectivity index (χ3v) is 6.47. The summed E-state index contributed by atoms with van der Waals surface area (Å²) >= 11 is 0. The van der Waals surface area contributed by atoms with Crippen molar-refractivity contribution in [2.45, 2.75) is 32.7 Å². The molecule has 0 aliphatic heterocycles. The highest BCUT2D eigenvalue weighted by molar-refractivity contribution is 7.92. The molecule has 0 atom stereocenters. The number of para-hydroxylation sites is 1. The molecule has 4 aromatic rings. The number of pyridine rings is 1. The molecule has 0 bridgehead atoms. The Kier molecular flexibility index (Phi) is 6.92. The van der Waals surface area contributed by atoms with Gasteiger partial charge in [-0.25, -0.2) is 18.4 Å². The molecule has 178 valence electrons. The number of sulfonamides is 1. The van der Waals surface area contributed by atoms with Crippen LogP contribution in [0.5, 0.6) is 0 Å². The van der Waals surface area contributed by atoms with Gasteiger partial charge in [0.25, 0.3) is 15.6 Å². The van der Waals surface area contributed by atoms with E-state index in [4.69, 9.17) is 11.5 Å². The van der Waals surface area contributed by atoms with Crippen LogP contribution in [0.3, 0.4) is 0 Å². The molecule has 34 heavy (non-hydrogen) atoms. The number of nitrogens with one attached hydrogen (secondary N) is 1. The van der Waals surface area contributed by atoms with Gasteiger partial charge in [0, 0.05) is 24.0 Å². The first-order valence-electron chi connectivity index (χ1n) is 10.3. The largest absolute Gasteiger partial charge is 0.383 e. The fourth-order valence-corrected chi connectivity index (χ4v) is 4.67. The number of benzene rings is 2. The molecular weight excluding hydrogens is 452 g/mol. The summed E-state index contributed by atoms with van der Waals surface area (Å²) in [6.07, 6.45) is 1.47. The minimum atomic E-state index is -3.98. The summed E-state index contributed by atoms with van der Waals surface area (Å²) in [4.78, 5) is 21.3. The molecule has 9 nitrogen and oxygen atoms in total. The Morgan fingerprint density at radius 2 is 1.74 bits per heavy atom. The van der Waals surface area contributed by atoms with Crippen LogP contribution in [0.4, 0.5) is 17.5 Å². The van der Waals surface area contributed by atoms with Gasteiger partial charge in [-0.2, -0.15) is 0 Å². The van der Waals surface area contributed by atoms with E-state index < -0.39 is 10.0 Å². The van der Waals surface area contributed by atoms with Gasteiger partial charge in [-0.1, -0.05) is 45.5 Å². The fourth-order valence-electron chi connectivity index (χ4n) is 3.50. The summed E-state index contributed by atoms with van der Waals surface area (Å²) in [5.74, 6) is 0.235. The summed E-state index contributed by atoms with van der Waals surface area (Å²) < 4.78 is 29.8. The van der Waals surface area contributed by atoms with E-state index in [0.717, 1.165) is 0 Å². The molecule has 5 N–H and O–H groups in total. The average Bonchev–Trinajstić information content (AvgIpc) is 2.77. The Balaban J connectivity index is 0.00000324. The van der Waals surface area contributed by atoms with E-state index in [1.54, 1.807) is 48.5 Å². The predicted octanol–water partition coefficient (Wildman–Crippen LogP) is 3.72. The molecule has 0 saturated carbocycles. The zero-order chi connectivity index (χ0) is 23.8. The first-order valence-corrected chi connectivity index (χ1v) is 11.8. The lowest BCUT2D eigenvalue weighted by molar-refractivity contribution is 0.514. The molecular formula is C24H28N6O3S. The van der Waals surface area contributed by atoms with Crippen LogP contribution in [0.15, 0.2) is 70.5 Å². The summed E-state index contributed by atoms with van der Waals surface area (Å²) in [7, 11) is -3.98. The Labute approximate surface area is 198 Å². The first kappa shape index (κ1) is 24.7. The lowest BCUT2D eigenvalue weighted by Crippen LogP contribution is -2.26. The number of nitrogens with two attached hydrogens (primary N) is 2. The molecule has 0 aliphatic carbocycles. The Hall–Kier alpha value is -3.92. The summed E-state index contributed by atoms with van der Waals surface area (Å²) in [6, 6.07) is 15.0. The van der Waals surface area contributed by atoms with E-state index in [2.05, 4.69) is 14.7 Å². The molecule has 0 fully saturated rings. The maximum atomic E-state index is 13.1. The van der Waals surface area contributed by atoms with Crippen molar-refractivity contribution in [1.29, 1.82) is 0 Å². The zero-order valence-corrected chi connectivity index (χ0v) is 19.0. The quantitative estimate of drug-likeness (QED) is 0.381. The number of fused-ring (bicyclic) bond motifs is 1. The zero-order valence-electron chi connectivity index (χ0n) is 18.2. The molecule has 0 spiro atoms. The molecule has 0 amide bonds. The third-order valence-electron chi connectivity index (χ3n) is 5.06. The maximum Gasteiger partial charge on any atom is 0.265 e. The summed E-state index contributed by atoms with van der Waals surface area (Å²) in [5, 5.41) is 0.381.